The van der Waals surface area contributed by atoms with Crippen LogP contribution in [0.2, 0.25) is 0 Å². The van der Waals surface area contributed by atoms with E-state index in [4.69, 9.17) is 13.9 Å². The molecule has 0 radical (unpaired) electrons. The highest BCUT2D eigenvalue weighted by Gasteiger charge is 2.15. The Bertz CT molecular complexity index is 495. The highest BCUT2D eigenvalue weighted by Crippen LogP contribution is 2.15. The van der Waals surface area contributed by atoms with Crippen LogP contribution in [-0.4, -0.2) is 45.5 Å². The second kappa shape index (κ2) is 10.4. The summed E-state index contributed by atoms with van der Waals surface area (Å²) < 4.78 is 16.7. The molecule has 1 aliphatic rings. The first-order valence-electron chi connectivity index (χ1n) is 8.95. The van der Waals surface area contributed by atoms with Crippen LogP contribution >= 0.6 is 0 Å². The number of ether oxygens (including phenoxy) is 2. The molecule has 24 heavy (non-hydrogen) atoms. The van der Waals surface area contributed by atoms with Gasteiger partial charge in [-0.3, -0.25) is 4.99 Å². The minimum absolute atomic E-state index is 0.0788. The first-order valence-corrected chi connectivity index (χ1v) is 8.95. The SMILES string of the molecule is CCNC(=NCCCOCC1CCOC1)NC(C)c1ccc(C)o1. The topological polar surface area (TPSA) is 68.0 Å². The Morgan fingerprint density at radius 3 is 3.00 bits per heavy atom. The van der Waals surface area contributed by atoms with E-state index in [1.54, 1.807) is 0 Å². The van der Waals surface area contributed by atoms with Crippen molar-refractivity contribution >= 4 is 5.96 Å². The largest absolute Gasteiger partial charge is 0.464 e. The summed E-state index contributed by atoms with van der Waals surface area (Å²) in [6.45, 7) is 10.9. The highest BCUT2D eigenvalue weighted by molar-refractivity contribution is 5.80. The number of nitrogens with zero attached hydrogens (tertiary/aromatic N) is 1. The van der Waals surface area contributed by atoms with Crippen molar-refractivity contribution in [2.75, 3.05) is 39.5 Å². The molecule has 0 aromatic carbocycles. The van der Waals surface area contributed by atoms with E-state index in [1.165, 1.54) is 0 Å². The zero-order chi connectivity index (χ0) is 17.2. The van der Waals surface area contributed by atoms with Crippen molar-refractivity contribution in [2.45, 2.75) is 39.7 Å². The van der Waals surface area contributed by atoms with Crippen molar-refractivity contribution in [3.05, 3.63) is 23.7 Å². The minimum atomic E-state index is 0.0788. The molecule has 1 fully saturated rings. The fraction of sp³-hybridized carbons (Fsp3) is 0.722. The third-order valence-corrected chi connectivity index (χ3v) is 3.98. The van der Waals surface area contributed by atoms with Crippen LogP contribution in [0.3, 0.4) is 0 Å². The fourth-order valence-electron chi connectivity index (χ4n) is 2.60. The Balaban J connectivity index is 1.67. The predicted octanol–water partition coefficient (Wildman–Crippen LogP) is 2.65. The quantitative estimate of drug-likeness (QED) is 0.412. The van der Waals surface area contributed by atoms with Gasteiger partial charge in [-0.2, -0.15) is 0 Å². The van der Waals surface area contributed by atoms with E-state index in [0.29, 0.717) is 5.92 Å². The summed E-state index contributed by atoms with van der Waals surface area (Å²) in [6.07, 6.45) is 2.04. The third-order valence-electron chi connectivity index (χ3n) is 3.98. The van der Waals surface area contributed by atoms with Gasteiger partial charge in [-0.25, -0.2) is 0 Å². The van der Waals surface area contributed by atoms with Gasteiger partial charge in [-0.15, -0.1) is 0 Å². The lowest BCUT2D eigenvalue weighted by Crippen LogP contribution is -2.38. The Morgan fingerprint density at radius 2 is 2.33 bits per heavy atom. The average molecular weight is 337 g/mol. The number of aryl methyl sites for hydroxylation is 1. The summed E-state index contributed by atoms with van der Waals surface area (Å²) in [5.74, 6) is 3.22. The molecule has 1 aromatic rings. The van der Waals surface area contributed by atoms with Crippen molar-refractivity contribution in [3.8, 4) is 0 Å². The van der Waals surface area contributed by atoms with Gasteiger partial charge in [0.2, 0.25) is 0 Å². The van der Waals surface area contributed by atoms with E-state index >= 15 is 0 Å². The Kier molecular flexibility index (Phi) is 8.12. The maximum atomic E-state index is 5.71. The third kappa shape index (κ3) is 6.53. The maximum absolute atomic E-state index is 5.71. The minimum Gasteiger partial charge on any atom is -0.464 e. The average Bonchev–Trinajstić information content (AvgIpc) is 3.22. The number of hydrogen-bond donors (Lipinski definition) is 2. The molecule has 2 N–H and O–H groups in total. The van der Waals surface area contributed by atoms with Crippen molar-refractivity contribution < 1.29 is 13.9 Å². The second-order valence-corrected chi connectivity index (χ2v) is 6.23. The molecule has 2 heterocycles. The van der Waals surface area contributed by atoms with Crippen LogP contribution in [0.4, 0.5) is 0 Å². The highest BCUT2D eigenvalue weighted by atomic mass is 16.5. The normalized spacial score (nSPS) is 19.5. The van der Waals surface area contributed by atoms with Gasteiger partial charge >= 0.3 is 0 Å². The van der Waals surface area contributed by atoms with E-state index in [2.05, 4.69) is 29.5 Å². The molecule has 0 saturated carbocycles. The lowest BCUT2D eigenvalue weighted by atomic mass is 10.1. The molecule has 2 unspecified atom stereocenters. The zero-order valence-corrected chi connectivity index (χ0v) is 15.1. The molecule has 136 valence electrons. The molecule has 2 rings (SSSR count). The summed E-state index contributed by atoms with van der Waals surface area (Å²) >= 11 is 0. The fourth-order valence-corrected chi connectivity index (χ4v) is 2.60. The monoisotopic (exact) mass is 337 g/mol. The van der Waals surface area contributed by atoms with Crippen LogP contribution < -0.4 is 10.6 Å². The Hall–Kier alpha value is -1.53. The van der Waals surface area contributed by atoms with E-state index in [9.17, 15) is 0 Å². The number of rotatable bonds is 9. The first-order chi connectivity index (χ1) is 11.7. The molecular formula is C18H31N3O3. The molecule has 1 aliphatic heterocycles. The van der Waals surface area contributed by atoms with Crippen LogP contribution in [0.25, 0.3) is 0 Å². The number of nitrogens with one attached hydrogen (secondary N) is 2. The molecule has 6 nitrogen and oxygen atoms in total. The molecule has 0 aliphatic carbocycles. The van der Waals surface area contributed by atoms with E-state index < -0.39 is 0 Å². The summed E-state index contributed by atoms with van der Waals surface area (Å²) in [7, 11) is 0. The zero-order valence-electron chi connectivity index (χ0n) is 15.1. The molecule has 0 spiro atoms. The van der Waals surface area contributed by atoms with Crippen molar-refractivity contribution in [1.82, 2.24) is 10.6 Å². The van der Waals surface area contributed by atoms with Crippen LogP contribution in [0.1, 0.15) is 44.3 Å². The van der Waals surface area contributed by atoms with Crippen LogP contribution in [0, 0.1) is 12.8 Å². The lowest BCUT2D eigenvalue weighted by molar-refractivity contribution is 0.0893. The van der Waals surface area contributed by atoms with E-state index in [1.807, 2.05) is 19.1 Å². The molecular weight excluding hydrogens is 306 g/mol. The van der Waals surface area contributed by atoms with E-state index in [-0.39, 0.29) is 6.04 Å². The Labute approximate surface area is 145 Å². The molecule has 1 saturated heterocycles. The summed E-state index contributed by atoms with van der Waals surface area (Å²) in [5, 5.41) is 6.64. The van der Waals surface area contributed by atoms with Gasteiger partial charge in [0.1, 0.15) is 11.5 Å². The molecule has 2 atom stereocenters. The molecule has 1 aromatic heterocycles. The van der Waals surface area contributed by atoms with Crippen molar-refractivity contribution in [2.24, 2.45) is 10.9 Å². The van der Waals surface area contributed by atoms with Gasteiger partial charge in [0, 0.05) is 32.2 Å². The van der Waals surface area contributed by atoms with Crippen LogP contribution in [-0.2, 0) is 9.47 Å². The smallest absolute Gasteiger partial charge is 0.191 e. The van der Waals surface area contributed by atoms with Crippen LogP contribution in [0.15, 0.2) is 21.5 Å². The van der Waals surface area contributed by atoms with Gasteiger partial charge in [0.25, 0.3) is 0 Å². The first kappa shape index (κ1) is 18.8. The molecule has 0 amide bonds. The molecule has 6 heteroatoms. The van der Waals surface area contributed by atoms with Gasteiger partial charge < -0.3 is 24.5 Å². The number of guanidine groups is 1. The summed E-state index contributed by atoms with van der Waals surface area (Å²) in [4.78, 5) is 4.60. The summed E-state index contributed by atoms with van der Waals surface area (Å²) in [6, 6.07) is 4.05. The van der Waals surface area contributed by atoms with Gasteiger partial charge in [0.05, 0.1) is 19.3 Å². The van der Waals surface area contributed by atoms with E-state index in [0.717, 1.165) is 69.8 Å². The van der Waals surface area contributed by atoms with Gasteiger partial charge in [0.15, 0.2) is 5.96 Å². The standard InChI is InChI=1S/C18H31N3O3/c1-4-19-18(21-15(3)17-7-6-14(2)24-17)20-9-5-10-22-12-16-8-11-23-13-16/h6-7,15-16H,4-5,8-13H2,1-3H3,(H2,19,20,21). The van der Waals surface area contributed by atoms with Gasteiger partial charge in [-0.1, -0.05) is 0 Å². The predicted molar refractivity (Wildman–Crippen MR) is 95.3 cm³/mol. The number of aliphatic imine (C=N–C) groups is 1. The number of furan rings is 1. The summed E-state index contributed by atoms with van der Waals surface area (Å²) in [5.41, 5.74) is 0. The number of hydrogen-bond acceptors (Lipinski definition) is 4. The van der Waals surface area contributed by atoms with Crippen LogP contribution in [0.5, 0.6) is 0 Å². The van der Waals surface area contributed by atoms with Crippen molar-refractivity contribution in [1.29, 1.82) is 0 Å². The lowest BCUT2D eigenvalue weighted by Gasteiger charge is -2.16. The maximum Gasteiger partial charge on any atom is 0.191 e. The molecule has 0 bridgehead atoms. The second-order valence-electron chi connectivity index (χ2n) is 6.23. The van der Waals surface area contributed by atoms with Gasteiger partial charge in [-0.05, 0) is 45.7 Å². The Morgan fingerprint density at radius 1 is 1.46 bits per heavy atom. The van der Waals surface area contributed by atoms with Crippen molar-refractivity contribution in [3.63, 3.8) is 0 Å².